The van der Waals surface area contributed by atoms with Crippen molar-refractivity contribution in [2.24, 2.45) is 0 Å². The van der Waals surface area contributed by atoms with E-state index in [0.717, 1.165) is 11.1 Å². The number of H-pyrrole nitrogens is 2. The van der Waals surface area contributed by atoms with Gasteiger partial charge in [0.15, 0.2) is 0 Å². The van der Waals surface area contributed by atoms with Gasteiger partial charge < -0.3 is 20.0 Å². The summed E-state index contributed by atoms with van der Waals surface area (Å²) in [6.07, 6.45) is 0. The van der Waals surface area contributed by atoms with Gasteiger partial charge in [-0.2, -0.15) is 0 Å². The van der Waals surface area contributed by atoms with E-state index in [1.54, 1.807) is 24.3 Å². The van der Waals surface area contributed by atoms with Crippen molar-refractivity contribution >= 4 is 16.9 Å². The fourth-order valence-corrected chi connectivity index (χ4v) is 2.30. The summed E-state index contributed by atoms with van der Waals surface area (Å²) >= 11 is 0. The van der Waals surface area contributed by atoms with E-state index in [0.29, 0.717) is 23.4 Å². The summed E-state index contributed by atoms with van der Waals surface area (Å²) in [6.45, 7) is 0.361. The Morgan fingerprint density at radius 1 is 1.14 bits per heavy atom. The van der Waals surface area contributed by atoms with Crippen molar-refractivity contribution in [3.63, 3.8) is 0 Å². The number of aromatic amines is 2. The molecule has 112 valence electrons. The summed E-state index contributed by atoms with van der Waals surface area (Å²) in [7, 11) is 1.53. The predicted octanol–water partition coefficient (Wildman–Crippen LogP) is 1.79. The second kappa shape index (κ2) is 5.77. The number of amides is 1. The van der Waals surface area contributed by atoms with Crippen LogP contribution in [0.25, 0.3) is 11.0 Å². The maximum atomic E-state index is 12.2. The molecule has 3 aromatic rings. The molecule has 0 aliphatic rings. The van der Waals surface area contributed by atoms with Gasteiger partial charge in [0.25, 0.3) is 5.91 Å². The van der Waals surface area contributed by atoms with Crippen LogP contribution in [0.1, 0.15) is 15.9 Å². The summed E-state index contributed by atoms with van der Waals surface area (Å²) in [6, 6.07) is 12.5. The van der Waals surface area contributed by atoms with Crippen molar-refractivity contribution in [2.45, 2.75) is 6.54 Å². The highest BCUT2D eigenvalue weighted by Gasteiger charge is 2.11. The van der Waals surface area contributed by atoms with E-state index in [9.17, 15) is 9.59 Å². The Bertz CT molecular complexity index is 879. The molecule has 0 fully saturated rings. The molecule has 2 aromatic carbocycles. The number of para-hydroxylation sites is 1. The van der Waals surface area contributed by atoms with Crippen molar-refractivity contribution in [1.29, 1.82) is 0 Å². The van der Waals surface area contributed by atoms with Crippen LogP contribution in [0.5, 0.6) is 5.75 Å². The molecular weight excluding hydrogens is 282 g/mol. The lowest BCUT2D eigenvalue weighted by Gasteiger charge is -2.09. The third-order valence-electron chi connectivity index (χ3n) is 3.39. The molecule has 0 saturated carbocycles. The zero-order valence-corrected chi connectivity index (χ0v) is 12.0. The number of methoxy groups -OCH3 is 1. The standard InChI is InChI=1S/C16H15N3O3/c1-22-14-5-3-2-4-11(14)15(20)17-9-10-6-7-12-13(8-10)19-16(21)18-12/h2-8H,9H2,1H3,(H,17,20)(H2,18,19,21). The third kappa shape index (κ3) is 2.71. The van der Waals surface area contributed by atoms with Crippen molar-refractivity contribution in [2.75, 3.05) is 7.11 Å². The van der Waals surface area contributed by atoms with Gasteiger partial charge in [-0.3, -0.25) is 4.79 Å². The van der Waals surface area contributed by atoms with Crippen LogP contribution in [0.3, 0.4) is 0 Å². The van der Waals surface area contributed by atoms with Gasteiger partial charge in [-0.25, -0.2) is 4.79 Å². The molecule has 0 atom stereocenters. The van der Waals surface area contributed by atoms with E-state index in [4.69, 9.17) is 4.74 Å². The maximum Gasteiger partial charge on any atom is 0.323 e. The summed E-state index contributed by atoms with van der Waals surface area (Å²) in [5.41, 5.74) is 2.59. The summed E-state index contributed by atoms with van der Waals surface area (Å²) in [4.78, 5) is 28.8. The fraction of sp³-hybridized carbons (Fsp3) is 0.125. The minimum Gasteiger partial charge on any atom is -0.496 e. The van der Waals surface area contributed by atoms with Crippen LogP contribution in [0, 0.1) is 0 Å². The molecule has 1 heterocycles. The molecule has 1 aromatic heterocycles. The van der Waals surface area contributed by atoms with Crippen LogP contribution >= 0.6 is 0 Å². The molecule has 0 aliphatic heterocycles. The van der Waals surface area contributed by atoms with E-state index >= 15 is 0 Å². The lowest BCUT2D eigenvalue weighted by molar-refractivity contribution is 0.0948. The average molecular weight is 297 g/mol. The van der Waals surface area contributed by atoms with Gasteiger partial charge in [-0.1, -0.05) is 18.2 Å². The van der Waals surface area contributed by atoms with Crippen molar-refractivity contribution in [3.05, 3.63) is 64.1 Å². The smallest absolute Gasteiger partial charge is 0.323 e. The van der Waals surface area contributed by atoms with E-state index in [1.807, 2.05) is 18.2 Å². The van der Waals surface area contributed by atoms with E-state index in [1.165, 1.54) is 7.11 Å². The maximum absolute atomic E-state index is 12.2. The first-order valence-corrected chi connectivity index (χ1v) is 6.79. The first-order chi connectivity index (χ1) is 10.7. The molecule has 0 spiro atoms. The summed E-state index contributed by atoms with van der Waals surface area (Å²) in [5.74, 6) is 0.325. The number of hydrogen-bond donors (Lipinski definition) is 3. The Balaban J connectivity index is 1.75. The number of aromatic nitrogens is 2. The molecule has 0 bridgehead atoms. The predicted molar refractivity (Wildman–Crippen MR) is 83.1 cm³/mol. The fourth-order valence-electron chi connectivity index (χ4n) is 2.30. The zero-order chi connectivity index (χ0) is 15.5. The van der Waals surface area contributed by atoms with E-state index < -0.39 is 0 Å². The minimum absolute atomic E-state index is 0.208. The monoisotopic (exact) mass is 297 g/mol. The SMILES string of the molecule is COc1ccccc1C(=O)NCc1ccc2[nH]c(=O)[nH]c2c1. The van der Waals surface area contributed by atoms with Gasteiger partial charge in [0.05, 0.1) is 23.7 Å². The highest BCUT2D eigenvalue weighted by molar-refractivity contribution is 5.96. The highest BCUT2D eigenvalue weighted by Crippen LogP contribution is 2.17. The van der Waals surface area contributed by atoms with Gasteiger partial charge in [-0.05, 0) is 29.8 Å². The summed E-state index contributed by atoms with van der Waals surface area (Å²) in [5, 5.41) is 2.84. The first kappa shape index (κ1) is 13.9. The van der Waals surface area contributed by atoms with Crippen LogP contribution in [-0.2, 0) is 6.54 Å². The van der Waals surface area contributed by atoms with Crippen LogP contribution in [-0.4, -0.2) is 23.0 Å². The average Bonchev–Trinajstić information content (AvgIpc) is 2.91. The summed E-state index contributed by atoms with van der Waals surface area (Å²) < 4.78 is 5.17. The number of fused-ring (bicyclic) bond motifs is 1. The molecule has 0 aliphatic carbocycles. The van der Waals surface area contributed by atoms with E-state index in [2.05, 4.69) is 15.3 Å². The number of carbonyl (C=O) groups excluding carboxylic acids is 1. The lowest BCUT2D eigenvalue weighted by atomic mass is 10.1. The minimum atomic E-state index is -0.245. The molecule has 6 nitrogen and oxygen atoms in total. The van der Waals surface area contributed by atoms with Crippen molar-refractivity contribution in [1.82, 2.24) is 15.3 Å². The van der Waals surface area contributed by atoms with Crippen LogP contribution in [0.15, 0.2) is 47.3 Å². The second-order valence-corrected chi connectivity index (χ2v) is 4.84. The Hall–Kier alpha value is -3.02. The third-order valence-corrected chi connectivity index (χ3v) is 3.39. The highest BCUT2D eigenvalue weighted by atomic mass is 16.5. The number of nitrogens with one attached hydrogen (secondary N) is 3. The Labute approximate surface area is 126 Å². The Morgan fingerprint density at radius 3 is 2.73 bits per heavy atom. The Kier molecular flexibility index (Phi) is 3.65. The van der Waals surface area contributed by atoms with Crippen LogP contribution in [0.2, 0.25) is 0 Å². The molecule has 1 amide bonds. The topological polar surface area (TPSA) is 87.0 Å². The number of rotatable bonds is 4. The first-order valence-electron chi connectivity index (χ1n) is 6.79. The molecule has 6 heteroatoms. The van der Waals surface area contributed by atoms with Gasteiger partial charge in [0.2, 0.25) is 0 Å². The Morgan fingerprint density at radius 2 is 1.91 bits per heavy atom. The normalized spacial score (nSPS) is 10.6. The van der Waals surface area contributed by atoms with Crippen LogP contribution in [0.4, 0.5) is 0 Å². The number of carbonyl (C=O) groups is 1. The van der Waals surface area contributed by atoms with E-state index in [-0.39, 0.29) is 11.6 Å². The van der Waals surface area contributed by atoms with Gasteiger partial charge in [0, 0.05) is 6.54 Å². The number of benzene rings is 2. The lowest BCUT2D eigenvalue weighted by Crippen LogP contribution is -2.23. The molecule has 22 heavy (non-hydrogen) atoms. The van der Waals surface area contributed by atoms with Gasteiger partial charge in [-0.15, -0.1) is 0 Å². The number of hydrogen-bond acceptors (Lipinski definition) is 3. The van der Waals surface area contributed by atoms with Gasteiger partial charge in [0.1, 0.15) is 5.75 Å². The molecule has 3 N–H and O–H groups in total. The largest absolute Gasteiger partial charge is 0.496 e. The van der Waals surface area contributed by atoms with Crippen molar-refractivity contribution in [3.8, 4) is 5.75 Å². The quantitative estimate of drug-likeness (QED) is 0.686. The van der Waals surface area contributed by atoms with Crippen LogP contribution < -0.4 is 15.7 Å². The molecule has 0 saturated heterocycles. The molecular formula is C16H15N3O3. The molecule has 0 unspecified atom stereocenters. The van der Waals surface area contributed by atoms with Gasteiger partial charge >= 0.3 is 5.69 Å². The zero-order valence-electron chi connectivity index (χ0n) is 12.0. The molecule has 0 radical (unpaired) electrons. The van der Waals surface area contributed by atoms with Crippen molar-refractivity contribution < 1.29 is 9.53 Å². The number of ether oxygens (including phenoxy) is 1. The molecule has 3 rings (SSSR count). The number of imidazole rings is 1. The second-order valence-electron chi connectivity index (χ2n) is 4.84.